The van der Waals surface area contributed by atoms with Crippen molar-refractivity contribution in [3.8, 4) is 89.5 Å². The summed E-state index contributed by atoms with van der Waals surface area (Å²) in [5, 5.41) is 0. The van der Waals surface area contributed by atoms with E-state index in [1.807, 2.05) is 158 Å². The average Bonchev–Trinajstić information content (AvgIpc) is 0.794. The monoisotopic (exact) mass is 1150 g/mol. The molecule has 12 rings (SSSR count). The number of hydrogen-bond acceptors (Lipinski definition) is 0. The number of pyridine rings is 4. The van der Waals surface area contributed by atoms with Crippen LogP contribution in [0.5, 0.6) is 0 Å². The summed E-state index contributed by atoms with van der Waals surface area (Å²) in [6, 6.07) is 75.9. The third-order valence-electron chi connectivity index (χ3n) is 16.3. The molecule has 0 aliphatic rings. The van der Waals surface area contributed by atoms with Crippen LogP contribution in [-0.4, -0.2) is 0 Å². The molecule has 0 atom stereocenters. The van der Waals surface area contributed by atoms with Gasteiger partial charge in [0, 0.05) is 81.6 Å². The summed E-state index contributed by atoms with van der Waals surface area (Å²) in [5.41, 5.74) is 28.3. The number of aromatic nitrogens is 4. The molecule has 0 unspecified atom stereocenters. The van der Waals surface area contributed by atoms with E-state index in [2.05, 4.69) is 169 Å². The van der Waals surface area contributed by atoms with Crippen molar-refractivity contribution in [1.82, 2.24) is 0 Å². The van der Waals surface area contributed by atoms with Gasteiger partial charge in [0.2, 0.25) is 22.8 Å². The Morgan fingerprint density at radius 1 is 0.230 bits per heavy atom. The third kappa shape index (κ3) is 14.9. The van der Waals surface area contributed by atoms with Crippen molar-refractivity contribution in [2.24, 2.45) is 28.2 Å². The fourth-order valence-corrected chi connectivity index (χ4v) is 11.2. The zero-order valence-corrected chi connectivity index (χ0v) is 52.5. The first kappa shape index (κ1) is 50.7. The van der Waals surface area contributed by atoms with Crippen LogP contribution in [0.2, 0.25) is 0 Å². The molecule has 0 radical (unpaired) electrons. The van der Waals surface area contributed by atoms with Crippen molar-refractivity contribution in [3.05, 3.63) is 310 Å². The Morgan fingerprint density at radius 2 is 0.621 bits per heavy atom. The zero-order valence-electron chi connectivity index (χ0n) is 61.5. The molecule has 0 spiro atoms. The molecule has 4 heteroatoms. The van der Waals surface area contributed by atoms with Crippen LogP contribution in [0, 0.1) is 75.9 Å². The van der Waals surface area contributed by atoms with Gasteiger partial charge in [0.15, 0.2) is 24.8 Å². The fraction of sp³-hybridized carbons (Fsp3) is 0.181. The van der Waals surface area contributed by atoms with Gasteiger partial charge >= 0.3 is 0 Å². The first-order chi connectivity index (χ1) is 45.5. The first-order valence-corrected chi connectivity index (χ1v) is 29.6. The topological polar surface area (TPSA) is 15.5 Å². The lowest BCUT2D eigenvalue weighted by Gasteiger charge is -2.12. The molecule has 0 amide bonds. The maximum atomic E-state index is 7.91. The van der Waals surface area contributed by atoms with Crippen molar-refractivity contribution < 1.29 is 30.6 Å². The molecule has 0 aliphatic carbocycles. The number of rotatable bonds is 8. The lowest BCUT2D eigenvalue weighted by molar-refractivity contribution is -0.660. The molecule has 0 fully saturated rings. The van der Waals surface area contributed by atoms with Crippen molar-refractivity contribution in [2.45, 2.75) is 75.9 Å². The van der Waals surface area contributed by atoms with Gasteiger partial charge in [0.1, 0.15) is 28.2 Å². The third-order valence-corrected chi connectivity index (χ3v) is 16.3. The SMILES string of the molecule is Cc1cc(-c2cc(-c3ccccc3)c(C)cc2C)[n+](C)cc1C.[2H]C([2H])([2H])c1c[n+](C)c(-c2cc(-c3ccccc3)ccc2C)cc1C.[2H]C([2H])([2H])c1cc(C)c(-c2cccc[n+]2C)cc1-c1ccccc1.[2H]C([2H])([2H])c1ccc(-c2cc(-c3ccccc3)ccc2C)[n+](C)c1. The van der Waals surface area contributed by atoms with Crippen LogP contribution >= 0.6 is 0 Å². The van der Waals surface area contributed by atoms with Gasteiger partial charge in [-0.15, -0.1) is 0 Å². The van der Waals surface area contributed by atoms with Crippen molar-refractivity contribution >= 4 is 0 Å². The van der Waals surface area contributed by atoms with Gasteiger partial charge in [-0.25, -0.2) is 18.3 Å². The summed E-state index contributed by atoms with van der Waals surface area (Å²) in [6.45, 7) is 10.4. The molecule has 4 nitrogen and oxygen atoms in total. The highest BCUT2D eigenvalue weighted by Gasteiger charge is 2.20. The molecule has 434 valence electrons. The summed E-state index contributed by atoms with van der Waals surface area (Å²) >= 11 is 0. The van der Waals surface area contributed by atoms with E-state index in [0.717, 1.165) is 78.3 Å². The highest BCUT2D eigenvalue weighted by atomic mass is 14.9. The largest absolute Gasteiger partial charge is 0.212 e. The molecule has 8 aromatic carbocycles. The van der Waals surface area contributed by atoms with Gasteiger partial charge in [-0.1, -0.05) is 158 Å². The van der Waals surface area contributed by atoms with E-state index in [-0.39, 0.29) is 0 Å². The quantitative estimate of drug-likeness (QED) is 0.135. The maximum Gasteiger partial charge on any atom is 0.212 e. The van der Waals surface area contributed by atoms with E-state index in [4.69, 9.17) is 12.3 Å². The Labute approximate surface area is 532 Å². The lowest BCUT2D eigenvalue weighted by Crippen LogP contribution is -2.31. The van der Waals surface area contributed by atoms with Crippen molar-refractivity contribution in [3.63, 3.8) is 0 Å². The molecule has 87 heavy (non-hydrogen) atoms. The van der Waals surface area contributed by atoms with Crippen LogP contribution in [0.25, 0.3) is 89.5 Å². The van der Waals surface area contributed by atoms with E-state index < -0.39 is 20.6 Å². The Morgan fingerprint density at radius 3 is 1.10 bits per heavy atom. The normalized spacial score (nSPS) is 12.7. The van der Waals surface area contributed by atoms with E-state index in [1.165, 1.54) is 55.8 Å². The van der Waals surface area contributed by atoms with Crippen LogP contribution in [0.1, 0.15) is 73.5 Å². The van der Waals surface area contributed by atoms with Crippen LogP contribution in [0.15, 0.2) is 249 Å². The molecular weight excluding hydrogens is 1050 g/mol. The summed E-state index contributed by atoms with van der Waals surface area (Å²) in [5.74, 6) is 0. The molecular formula is C83H86N4+4. The minimum Gasteiger partial charge on any atom is -0.201 e. The Balaban J connectivity index is 0.000000150. The highest BCUT2D eigenvalue weighted by Crippen LogP contribution is 2.34. The average molecular weight is 1150 g/mol. The summed E-state index contributed by atoms with van der Waals surface area (Å²) in [7, 11) is 7.91. The van der Waals surface area contributed by atoms with E-state index in [9.17, 15) is 0 Å². The van der Waals surface area contributed by atoms with Gasteiger partial charge in [0.25, 0.3) is 0 Å². The fourth-order valence-electron chi connectivity index (χ4n) is 11.2. The first-order valence-electron chi connectivity index (χ1n) is 34.1. The Hall–Kier alpha value is -9.64. The highest BCUT2D eigenvalue weighted by molar-refractivity contribution is 5.78. The summed E-state index contributed by atoms with van der Waals surface area (Å²) in [6.07, 6.45) is 7.63. The van der Waals surface area contributed by atoms with Gasteiger partial charge in [-0.05, 0) is 201 Å². The van der Waals surface area contributed by atoms with Crippen molar-refractivity contribution in [1.29, 1.82) is 0 Å². The number of hydrogen-bond donors (Lipinski definition) is 0. The second-order valence-corrected chi connectivity index (χ2v) is 22.8. The molecule has 0 aliphatic heterocycles. The second kappa shape index (κ2) is 28.0. The van der Waals surface area contributed by atoms with E-state index in [0.29, 0.717) is 16.7 Å². The maximum absolute atomic E-state index is 7.91. The molecule has 0 saturated heterocycles. The number of nitrogens with zero attached hydrogens (tertiary/aromatic N) is 4. The Bertz CT molecular complexity index is 4710. The second-order valence-electron chi connectivity index (χ2n) is 22.8. The van der Waals surface area contributed by atoms with Crippen molar-refractivity contribution in [2.75, 3.05) is 0 Å². The smallest absolute Gasteiger partial charge is 0.201 e. The van der Waals surface area contributed by atoms with E-state index in [1.54, 1.807) is 24.5 Å². The van der Waals surface area contributed by atoms with Crippen LogP contribution in [-0.2, 0) is 28.2 Å². The minimum atomic E-state index is -2.15. The van der Waals surface area contributed by atoms with Gasteiger partial charge in [-0.3, -0.25) is 0 Å². The molecule has 4 heterocycles. The van der Waals surface area contributed by atoms with Crippen LogP contribution in [0.3, 0.4) is 0 Å². The van der Waals surface area contributed by atoms with E-state index >= 15 is 0 Å². The molecule has 0 N–H and O–H groups in total. The predicted molar refractivity (Wildman–Crippen MR) is 366 cm³/mol. The minimum absolute atomic E-state index is 0.352. The van der Waals surface area contributed by atoms with Crippen LogP contribution < -0.4 is 18.3 Å². The Kier molecular flexibility index (Phi) is 16.3. The summed E-state index contributed by atoms with van der Waals surface area (Å²) in [4.78, 5) is 0. The molecule has 0 bridgehead atoms. The molecule has 4 aromatic heterocycles. The molecule has 0 saturated carbocycles. The van der Waals surface area contributed by atoms with Gasteiger partial charge in [0.05, 0.1) is 0 Å². The van der Waals surface area contributed by atoms with Gasteiger partial charge < -0.3 is 0 Å². The lowest BCUT2D eigenvalue weighted by atomic mass is 9.93. The number of aryl methyl sites for hydroxylation is 15. The summed E-state index contributed by atoms with van der Waals surface area (Å²) < 4.78 is 77.5. The van der Waals surface area contributed by atoms with Crippen LogP contribution in [0.4, 0.5) is 0 Å². The zero-order chi connectivity index (χ0) is 69.4. The predicted octanol–water partition coefficient (Wildman–Crippen LogP) is 18.8. The number of benzene rings is 8. The standard InChI is InChI=1S/C22H24N.C21H22N.2C20H20N/c1-15-12-22(23(5)14-18(15)4)21-13-20(16(2)11-17(21)3)19-9-7-6-8-10-19;1-15-10-11-19(18-8-6-5-7-9-18)13-20(15)21-12-16(2)17(3)14-22(21)4;1-15-13-16(2)19(20-11-7-8-12-21(20)3)14-18(15)17-9-5-4-6-10-17;1-15-9-12-20(21(3)14-15)19-13-18(11-10-16(19)2)17-7-5-4-6-8-17/h6-14H,1-5H3;5-14H,1-4H3;2*4-14H,1-3H3/q4*+1/i;3D3;2*1D3. The van der Waals surface area contributed by atoms with Gasteiger partial charge in [-0.2, -0.15) is 0 Å². The molecule has 12 aromatic rings.